The van der Waals surface area contributed by atoms with E-state index >= 15 is 0 Å². The maximum absolute atomic E-state index is 11.7. The molecular formula is C17H25N3O3S. The Hall–Kier alpha value is -2.15. The number of ether oxygens (including phenoxy) is 1. The van der Waals surface area contributed by atoms with Gasteiger partial charge in [0.1, 0.15) is 0 Å². The second-order valence-electron chi connectivity index (χ2n) is 5.03. The fourth-order valence-electron chi connectivity index (χ4n) is 2.14. The molecule has 1 aromatic rings. The highest BCUT2D eigenvalue weighted by Gasteiger charge is 2.09. The van der Waals surface area contributed by atoms with E-state index in [0.717, 1.165) is 24.5 Å². The van der Waals surface area contributed by atoms with Crippen LogP contribution in [0.1, 0.15) is 33.6 Å². The van der Waals surface area contributed by atoms with Crippen molar-refractivity contribution in [2.24, 2.45) is 0 Å². The third-order valence-electron chi connectivity index (χ3n) is 3.37. The summed E-state index contributed by atoms with van der Waals surface area (Å²) in [5, 5.41) is 5.71. The van der Waals surface area contributed by atoms with E-state index in [2.05, 4.69) is 29.4 Å². The van der Waals surface area contributed by atoms with E-state index in [1.807, 2.05) is 24.3 Å². The number of carbonyl (C=O) groups is 2. The molecule has 7 heteroatoms. The lowest BCUT2D eigenvalue weighted by molar-refractivity contribution is -0.144. The van der Waals surface area contributed by atoms with E-state index in [4.69, 9.17) is 17.0 Å². The summed E-state index contributed by atoms with van der Waals surface area (Å²) in [5.74, 6) is -0.709. The van der Waals surface area contributed by atoms with E-state index < -0.39 is 5.97 Å². The molecule has 24 heavy (non-hydrogen) atoms. The summed E-state index contributed by atoms with van der Waals surface area (Å²) in [7, 11) is 0. The first-order chi connectivity index (χ1) is 11.5. The minimum Gasteiger partial charge on any atom is -0.466 e. The maximum Gasteiger partial charge on any atom is 0.306 e. The molecule has 0 unspecified atom stereocenters. The van der Waals surface area contributed by atoms with Crippen LogP contribution in [0.2, 0.25) is 0 Å². The van der Waals surface area contributed by atoms with Crippen LogP contribution in [0.25, 0.3) is 0 Å². The molecule has 0 saturated heterocycles. The molecule has 2 N–H and O–H groups in total. The smallest absolute Gasteiger partial charge is 0.306 e. The van der Waals surface area contributed by atoms with Crippen LogP contribution in [0.5, 0.6) is 0 Å². The quantitative estimate of drug-likeness (QED) is 0.554. The summed E-state index contributed by atoms with van der Waals surface area (Å²) in [6, 6.07) is 7.82. The third-order valence-corrected chi connectivity index (χ3v) is 3.57. The van der Waals surface area contributed by atoms with Crippen molar-refractivity contribution in [3.05, 3.63) is 24.3 Å². The number of benzene rings is 1. The van der Waals surface area contributed by atoms with Crippen LogP contribution in [-0.4, -0.2) is 36.7 Å². The molecule has 0 aliphatic carbocycles. The number of thiocarbonyl (C=S) groups is 1. The molecule has 0 radical (unpaired) electrons. The molecule has 1 rings (SSSR count). The summed E-state index contributed by atoms with van der Waals surface area (Å²) in [6.07, 6.45) is 0.0857. The number of esters is 1. The van der Waals surface area contributed by atoms with Gasteiger partial charge in [-0.2, -0.15) is 0 Å². The fourth-order valence-corrected chi connectivity index (χ4v) is 2.38. The minimum absolute atomic E-state index is 0.0425. The van der Waals surface area contributed by atoms with Crippen LogP contribution in [0.4, 0.5) is 11.4 Å². The zero-order valence-corrected chi connectivity index (χ0v) is 15.2. The van der Waals surface area contributed by atoms with Gasteiger partial charge in [-0.15, -0.1) is 0 Å². The average Bonchev–Trinajstić information content (AvgIpc) is 2.56. The molecule has 6 nitrogen and oxygen atoms in total. The molecule has 0 saturated carbocycles. The van der Waals surface area contributed by atoms with Gasteiger partial charge in [0.2, 0.25) is 5.91 Å². The summed E-state index contributed by atoms with van der Waals surface area (Å²) in [4.78, 5) is 25.2. The zero-order chi connectivity index (χ0) is 17.9. The van der Waals surface area contributed by atoms with Gasteiger partial charge in [-0.25, -0.2) is 0 Å². The Balaban J connectivity index is 2.44. The van der Waals surface area contributed by atoms with Crippen molar-refractivity contribution in [2.45, 2.75) is 33.6 Å². The van der Waals surface area contributed by atoms with Crippen LogP contribution in [0, 0.1) is 0 Å². The molecule has 1 aromatic carbocycles. The molecule has 0 aliphatic heterocycles. The SMILES string of the molecule is CCOC(=O)CCC(=O)NC(=S)Nc1ccc(N(CC)CC)cc1. The van der Waals surface area contributed by atoms with Gasteiger partial charge >= 0.3 is 5.97 Å². The largest absolute Gasteiger partial charge is 0.466 e. The second-order valence-corrected chi connectivity index (χ2v) is 5.43. The summed E-state index contributed by atoms with van der Waals surface area (Å²) < 4.78 is 4.77. The van der Waals surface area contributed by atoms with E-state index in [1.54, 1.807) is 6.92 Å². The van der Waals surface area contributed by atoms with E-state index in [-0.39, 0.29) is 23.9 Å². The van der Waals surface area contributed by atoms with Crippen LogP contribution < -0.4 is 15.5 Å². The lowest BCUT2D eigenvalue weighted by Gasteiger charge is -2.21. The standard InChI is InChI=1S/C17H25N3O3S/c1-4-20(5-2)14-9-7-13(8-10-14)18-17(24)19-15(21)11-12-16(22)23-6-3/h7-10H,4-6,11-12H2,1-3H3,(H2,18,19,21,24). The molecule has 0 spiro atoms. The number of nitrogens with zero attached hydrogens (tertiary/aromatic N) is 1. The van der Waals surface area contributed by atoms with Gasteiger partial charge in [0, 0.05) is 30.9 Å². The molecule has 1 amide bonds. The van der Waals surface area contributed by atoms with Gasteiger partial charge < -0.3 is 20.3 Å². The fraction of sp³-hybridized carbons (Fsp3) is 0.471. The Labute approximate surface area is 148 Å². The van der Waals surface area contributed by atoms with Gasteiger partial charge in [-0.1, -0.05) is 0 Å². The third kappa shape index (κ3) is 6.95. The van der Waals surface area contributed by atoms with Crippen molar-refractivity contribution < 1.29 is 14.3 Å². The summed E-state index contributed by atoms with van der Waals surface area (Å²) in [6.45, 7) is 8.14. The van der Waals surface area contributed by atoms with Crippen molar-refractivity contribution in [3.8, 4) is 0 Å². The number of hydrogen-bond acceptors (Lipinski definition) is 5. The minimum atomic E-state index is -0.390. The summed E-state index contributed by atoms with van der Waals surface area (Å²) in [5.41, 5.74) is 1.93. The molecule has 0 fully saturated rings. The highest BCUT2D eigenvalue weighted by atomic mass is 32.1. The predicted molar refractivity (Wildman–Crippen MR) is 100 cm³/mol. The Morgan fingerprint density at radius 2 is 1.71 bits per heavy atom. The molecule has 0 atom stereocenters. The van der Waals surface area contributed by atoms with E-state index in [1.165, 1.54) is 0 Å². The van der Waals surface area contributed by atoms with Crippen LogP contribution in [-0.2, 0) is 14.3 Å². The van der Waals surface area contributed by atoms with Crippen molar-refractivity contribution in [1.82, 2.24) is 5.32 Å². The predicted octanol–water partition coefficient (Wildman–Crippen LogP) is 2.69. The Morgan fingerprint density at radius 3 is 2.25 bits per heavy atom. The normalized spacial score (nSPS) is 9.96. The number of hydrogen-bond donors (Lipinski definition) is 2. The first-order valence-corrected chi connectivity index (χ1v) is 8.52. The van der Waals surface area contributed by atoms with E-state index in [9.17, 15) is 9.59 Å². The second kappa shape index (κ2) is 10.6. The molecule has 0 bridgehead atoms. The average molecular weight is 351 g/mol. The molecule has 0 heterocycles. The topological polar surface area (TPSA) is 70.7 Å². The zero-order valence-electron chi connectivity index (χ0n) is 14.4. The van der Waals surface area contributed by atoms with Crippen LogP contribution in [0.3, 0.4) is 0 Å². The molecule has 132 valence electrons. The lowest BCUT2D eigenvalue weighted by atomic mass is 10.2. The maximum atomic E-state index is 11.7. The van der Waals surface area contributed by atoms with E-state index in [0.29, 0.717) is 6.61 Å². The van der Waals surface area contributed by atoms with Crippen molar-refractivity contribution in [1.29, 1.82) is 0 Å². The van der Waals surface area contributed by atoms with Crippen LogP contribution >= 0.6 is 12.2 Å². The first kappa shape index (κ1) is 19.9. The number of amides is 1. The number of nitrogens with one attached hydrogen (secondary N) is 2. The van der Waals surface area contributed by atoms with Crippen LogP contribution in [0.15, 0.2) is 24.3 Å². The monoisotopic (exact) mass is 351 g/mol. The number of anilines is 2. The Bertz CT molecular complexity index is 557. The van der Waals surface area contributed by atoms with Crippen molar-refractivity contribution in [3.63, 3.8) is 0 Å². The Morgan fingerprint density at radius 1 is 1.08 bits per heavy atom. The van der Waals surface area contributed by atoms with Crippen molar-refractivity contribution in [2.75, 3.05) is 29.9 Å². The number of carbonyl (C=O) groups excluding carboxylic acids is 2. The van der Waals surface area contributed by atoms with Gasteiger partial charge in [0.15, 0.2) is 5.11 Å². The van der Waals surface area contributed by atoms with Gasteiger partial charge in [0.25, 0.3) is 0 Å². The number of rotatable bonds is 8. The van der Waals surface area contributed by atoms with Gasteiger partial charge in [-0.05, 0) is 57.3 Å². The molecule has 0 aliphatic rings. The Kier molecular flexibility index (Phi) is 8.78. The first-order valence-electron chi connectivity index (χ1n) is 8.11. The van der Waals surface area contributed by atoms with Gasteiger partial charge in [-0.3, -0.25) is 9.59 Å². The summed E-state index contributed by atoms with van der Waals surface area (Å²) >= 11 is 5.10. The highest BCUT2D eigenvalue weighted by molar-refractivity contribution is 7.80. The highest BCUT2D eigenvalue weighted by Crippen LogP contribution is 2.17. The van der Waals surface area contributed by atoms with Gasteiger partial charge in [0.05, 0.1) is 13.0 Å². The lowest BCUT2D eigenvalue weighted by Crippen LogP contribution is -2.34. The molecular weight excluding hydrogens is 326 g/mol. The van der Waals surface area contributed by atoms with Crippen molar-refractivity contribution >= 4 is 40.6 Å². The molecule has 0 aromatic heterocycles.